The Morgan fingerprint density at radius 3 is 2.56 bits per heavy atom. The zero-order valence-corrected chi connectivity index (χ0v) is 12.5. The highest BCUT2D eigenvalue weighted by molar-refractivity contribution is 5.01. The van der Waals surface area contributed by atoms with E-state index >= 15 is 0 Å². The third kappa shape index (κ3) is 3.27. The summed E-state index contributed by atoms with van der Waals surface area (Å²) in [5, 5.41) is 3.79. The molecule has 0 aromatic carbocycles. The van der Waals surface area contributed by atoms with Gasteiger partial charge in [0.25, 0.3) is 0 Å². The van der Waals surface area contributed by atoms with E-state index in [4.69, 9.17) is 0 Å². The minimum atomic E-state index is 0.540. The SMILES string of the molecule is CCCCCCN1CC(CC)NCC12CCCC2. The maximum atomic E-state index is 3.79. The third-order valence-corrected chi connectivity index (χ3v) is 5.14. The van der Waals surface area contributed by atoms with Crippen LogP contribution in [0.5, 0.6) is 0 Å². The fourth-order valence-electron chi connectivity index (χ4n) is 3.83. The van der Waals surface area contributed by atoms with Crippen molar-refractivity contribution in [3.05, 3.63) is 0 Å². The number of piperazine rings is 1. The summed E-state index contributed by atoms with van der Waals surface area (Å²) in [6.45, 7) is 8.51. The van der Waals surface area contributed by atoms with Crippen LogP contribution < -0.4 is 5.32 Å². The van der Waals surface area contributed by atoms with E-state index in [2.05, 4.69) is 24.1 Å². The maximum absolute atomic E-state index is 3.79. The molecule has 2 aliphatic rings. The number of hydrogen-bond donors (Lipinski definition) is 1. The Kier molecular flexibility index (Phi) is 5.50. The Balaban J connectivity index is 1.87. The lowest BCUT2D eigenvalue weighted by Gasteiger charge is -2.48. The highest BCUT2D eigenvalue weighted by Gasteiger charge is 2.42. The van der Waals surface area contributed by atoms with Crippen molar-refractivity contribution in [1.82, 2.24) is 10.2 Å². The molecule has 18 heavy (non-hydrogen) atoms. The Hall–Kier alpha value is -0.0800. The van der Waals surface area contributed by atoms with Gasteiger partial charge in [0.2, 0.25) is 0 Å². The Bertz CT molecular complexity index is 233. The van der Waals surface area contributed by atoms with Crippen molar-refractivity contribution in [2.75, 3.05) is 19.6 Å². The van der Waals surface area contributed by atoms with Gasteiger partial charge in [0.15, 0.2) is 0 Å². The van der Waals surface area contributed by atoms with E-state index in [1.54, 1.807) is 0 Å². The van der Waals surface area contributed by atoms with Crippen LogP contribution in [0, 0.1) is 0 Å². The number of rotatable bonds is 6. The summed E-state index contributed by atoms with van der Waals surface area (Å²) in [5.41, 5.74) is 0.540. The van der Waals surface area contributed by atoms with Gasteiger partial charge in [-0.1, -0.05) is 46.0 Å². The van der Waals surface area contributed by atoms with E-state index < -0.39 is 0 Å². The van der Waals surface area contributed by atoms with Gasteiger partial charge in [0, 0.05) is 24.7 Å². The lowest BCUT2D eigenvalue weighted by molar-refractivity contribution is 0.0406. The summed E-state index contributed by atoms with van der Waals surface area (Å²) in [6.07, 6.45) is 12.6. The molecule has 0 bridgehead atoms. The second kappa shape index (κ2) is 6.91. The topological polar surface area (TPSA) is 15.3 Å². The summed E-state index contributed by atoms with van der Waals surface area (Å²) >= 11 is 0. The highest BCUT2D eigenvalue weighted by atomic mass is 15.3. The van der Waals surface area contributed by atoms with Crippen molar-refractivity contribution in [3.63, 3.8) is 0 Å². The van der Waals surface area contributed by atoms with Crippen molar-refractivity contribution in [3.8, 4) is 0 Å². The number of unbranched alkanes of at least 4 members (excludes halogenated alkanes) is 3. The van der Waals surface area contributed by atoms with Gasteiger partial charge in [0.1, 0.15) is 0 Å². The summed E-state index contributed by atoms with van der Waals surface area (Å²) < 4.78 is 0. The second-order valence-corrected chi connectivity index (χ2v) is 6.42. The van der Waals surface area contributed by atoms with Crippen molar-refractivity contribution in [1.29, 1.82) is 0 Å². The predicted molar refractivity (Wildman–Crippen MR) is 79.0 cm³/mol. The Labute approximate surface area is 114 Å². The Morgan fingerprint density at radius 1 is 1.11 bits per heavy atom. The fraction of sp³-hybridized carbons (Fsp3) is 1.00. The molecular formula is C16H32N2. The molecule has 1 spiro atoms. The Morgan fingerprint density at radius 2 is 1.89 bits per heavy atom. The molecule has 1 aliphatic carbocycles. The molecule has 0 radical (unpaired) electrons. The summed E-state index contributed by atoms with van der Waals surface area (Å²) in [7, 11) is 0. The van der Waals surface area contributed by atoms with Gasteiger partial charge in [-0.2, -0.15) is 0 Å². The maximum Gasteiger partial charge on any atom is 0.0334 e. The quantitative estimate of drug-likeness (QED) is 0.727. The van der Waals surface area contributed by atoms with E-state index in [-0.39, 0.29) is 0 Å². The lowest BCUT2D eigenvalue weighted by Crippen LogP contribution is -2.63. The van der Waals surface area contributed by atoms with Gasteiger partial charge >= 0.3 is 0 Å². The van der Waals surface area contributed by atoms with Gasteiger partial charge in [-0.05, 0) is 32.2 Å². The van der Waals surface area contributed by atoms with Gasteiger partial charge in [0.05, 0.1) is 0 Å². The molecule has 1 saturated heterocycles. The van der Waals surface area contributed by atoms with E-state index in [0.29, 0.717) is 5.54 Å². The molecule has 1 N–H and O–H groups in total. The fourth-order valence-corrected chi connectivity index (χ4v) is 3.83. The van der Waals surface area contributed by atoms with Gasteiger partial charge in [-0.25, -0.2) is 0 Å². The molecule has 2 heteroatoms. The first-order valence-corrected chi connectivity index (χ1v) is 8.29. The second-order valence-electron chi connectivity index (χ2n) is 6.42. The van der Waals surface area contributed by atoms with Crippen LogP contribution in [0.15, 0.2) is 0 Å². The summed E-state index contributed by atoms with van der Waals surface area (Å²) in [4.78, 5) is 2.86. The normalized spacial score (nSPS) is 28.0. The third-order valence-electron chi connectivity index (χ3n) is 5.14. The molecule has 0 amide bonds. The van der Waals surface area contributed by atoms with Crippen LogP contribution in [0.1, 0.15) is 71.6 Å². The molecule has 2 nitrogen and oxygen atoms in total. The van der Waals surface area contributed by atoms with Crippen LogP contribution in [-0.2, 0) is 0 Å². The van der Waals surface area contributed by atoms with Crippen molar-refractivity contribution < 1.29 is 0 Å². The van der Waals surface area contributed by atoms with Crippen LogP contribution in [-0.4, -0.2) is 36.1 Å². The van der Waals surface area contributed by atoms with Crippen LogP contribution in [0.25, 0.3) is 0 Å². The molecule has 0 aromatic heterocycles. The molecule has 106 valence electrons. The van der Waals surface area contributed by atoms with Crippen LogP contribution in [0.2, 0.25) is 0 Å². The first kappa shape index (κ1) is 14.3. The van der Waals surface area contributed by atoms with E-state index in [9.17, 15) is 0 Å². The van der Waals surface area contributed by atoms with Gasteiger partial charge in [-0.15, -0.1) is 0 Å². The highest BCUT2D eigenvalue weighted by Crippen LogP contribution is 2.37. The first-order valence-electron chi connectivity index (χ1n) is 8.29. The molecule has 0 aromatic rings. The van der Waals surface area contributed by atoms with Crippen LogP contribution >= 0.6 is 0 Å². The summed E-state index contributed by atoms with van der Waals surface area (Å²) in [5.74, 6) is 0. The molecular weight excluding hydrogens is 220 g/mol. The van der Waals surface area contributed by atoms with Crippen molar-refractivity contribution in [2.45, 2.75) is 83.2 Å². The average molecular weight is 252 g/mol. The standard InChI is InChI=1S/C16H32N2/c1-3-5-6-9-12-18-13-15(4-2)17-14-16(18)10-7-8-11-16/h15,17H,3-14H2,1-2H3. The molecule has 1 saturated carbocycles. The van der Waals surface area contributed by atoms with Gasteiger partial charge in [-0.3, -0.25) is 4.90 Å². The smallest absolute Gasteiger partial charge is 0.0334 e. The molecule has 1 aliphatic heterocycles. The predicted octanol–water partition coefficient (Wildman–Crippen LogP) is 3.56. The molecule has 1 atom stereocenters. The van der Waals surface area contributed by atoms with E-state index in [1.165, 1.54) is 77.4 Å². The minimum absolute atomic E-state index is 0.540. The zero-order chi connectivity index (χ0) is 12.8. The summed E-state index contributed by atoms with van der Waals surface area (Å²) in [6, 6.07) is 0.738. The van der Waals surface area contributed by atoms with Crippen molar-refractivity contribution in [2.24, 2.45) is 0 Å². The minimum Gasteiger partial charge on any atom is -0.311 e. The first-order chi connectivity index (χ1) is 8.80. The van der Waals surface area contributed by atoms with E-state index in [1.807, 2.05) is 0 Å². The number of hydrogen-bond acceptors (Lipinski definition) is 2. The van der Waals surface area contributed by atoms with E-state index in [0.717, 1.165) is 6.04 Å². The zero-order valence-electron chi connectivity index (χ0n) is 12.5. The molecule has 1 unspecified atom stereocenters. The molecule has 2 fully saturated rings. The monoisotopic (exact) mass is 252 g/mol. The number of nitrogens with zero attached hydrogens (tertiary/aromatic N) is 1. The lowest BCUT2D eigenvalue weighted by atomic mass is 9.90. The largest absolute Gasteiger partial charge is 0.311 e. The molecule has 1 heterocycles. The number of nitrogens with one attached hydrogen (secondary N) is 1. The van der Waals surface area contributed by atoms with Crippen LogP contribution in [0.3, 0.4) is 0 Å². The van der Waals surface area contributed by atoms with Gasteiger partial charge < -0.3 is 5.32 Å². The molecule has 2 rings (SSSR count). The van der Waals surface area contributed by atoms with Crippen LogP contribution in [0.4, 0.5) is 0 Å². The van der Waals surface area contributed by atoms with Crippen molar-refractivity contribution >= 4 is 0 Å². The average Bonchev–Trinajstić information content (AvgIpc) is 2.86.